The largest absolute Gasteiger partial charge is 0.316 e. The Balaban J connectivity index is 1.88. The van der Waals surface area contributed by atoms with Gasteiger partial charge in [0, 0.05) is 22.5 Å². The van der Waals surface area contributed by atoms with Crippen LogP contribution < -0.4 is 5.32 Å². The number of aryl methyl sites for hydroxylation is 3. The first-order chi connectivity index (χ1) is 13.4. The number of carbonyl (C=O) groups is 1. The fourth-order valence-electron chi connectivity index (χ4n) is 2.99. The predicted molar refractivity (Wildman–Crippen MR) is 112 cm³/mol. The first-order valence-corrected chi connectivity index (χ1v) is 10.1. The molecular weight excluding hydrogens is 373 g/mol. The number of fused-ring (bicyclic) bond motifs is 1. The van der Waals surface area contributed by atoms with Crippen LogP contribution in [0.25, 0.3) is 5.65 Å². The summed E-state index contributed by atoms with van der Waals surface area (Å²) in [6.07, 6.45) is 5.68. The summed E-state index contributed by atoms with van der Waals surface area (Å²) in [5, 5.41) is 3.75. The highest BCUT2D eigenvalue weighted by Crippen LogP contribution is 2.29. The van der Waals surface area contributed by atoms with Crippen molar-refractivity contribution in [1.29, 1.82) is 0 Å². The average molecular weight is 398 g/mol. The van der Waals surface area contributed by atoms with Gasteiger partial charge in [-0.25, -0.2) is 9.37 Å². The molecule has 0 aliphatic rings. The molecule has 1 N–H and O–H groups in total. The summed E-state index contributed by atoms with van der Waals surface area (Å²) in [5.74, 6) is -0.461. The molecule has 0 bridgehead atoms. The molecule has 4 nitrogen and oxygen atoms in total. The van der Waals surface area contributed by atoms with Crippen molar-refractivity contribution >= 4 is 23.3 Å². The Morgan fingerprint density at radius 3 is 2.75 bits per heavy atom. The van der Waals surface area contributed by atoms with E-state index in [1.54, 1.807) is 12.1 Å². The van der Waals surface area contributed by atoms with Crippen molar-refractivity contribution < 1.29 is 9.18 Å². The third-order valence-corrected chi connectivity index (χ3v) is 5.56. The average Bonchev–Trinajstić information content (AvgIpc) is 3.06. The van der Waals surface area contributed by atoms with E-state index in [2.05, 4.69) is 17.2 Å². The van der Waals surface area contributed by atoms with Gasteiger partial charge in [-0.2, -0.15) is 0 Å². The number of halogens is 1. The number of thioether (sulfide) groups is 1. The number of rotatable bonds is 6. The van der Waals surface area contributed by atoms with Gasteiger partial charge in [0.2, 0.25) is 0 Å². The second-order valence-electron chi connectivity index (χ2n) is 6.78. The van der Waals surface area contributed by atoms with E-state index in [9.17, 15) is 9.18 Å². The lowest BCUT2D eigenvalue weighted by atomic mass is 10.2. The topological polar surface area (TPSA) is 46.4 Å². The number of nitrogens with zero attached hydrogens (tertiary/aromatic N) is 2. The molecule has 2 aromatic heterocycles. The minimum Gasteiger partial charge on any atom is -0.316 e. The van der Waals surface area contributed by atoms with Gasteiger partial charge < -0.3 is 9.72 Å². The number of hydrogen-bond acceptors (Lipinski definition) is 3. The molecule has 0 saturated heterocycles. The van der Waals surface area contributed by atoms with E-state index in [-0.39, 0.29) is 11.7 Å². The number of carbonyl (C=O) groups excluding carboxylic acids is 1. The van der Waals surface area contributed by atoms with Gasteiger partial charge in [-0.3, -0.25) is 4.79 Å². The second kappa shape index (κ2) is 8.61. The Morgan fingerprint density at radius 2 is 2.04 bits per heavy atom. The first-order valence-electron chi connectivity index (χ1n) is 9.30. The van der Waals surface area contributed by atoms with Crippen LogP contribution in [0.4, 0.5) is 4.39 Å². The Bertz CT molecular complexity index is 1060. The van der Waals surface area contributed by atoms with Gasteiger partial charge in [-0.1, -0.05) is 31.2 Å². The standard InChI is InChI=1S/C22H24FN3OS/c1-5-6-7-20(28-19-9-8-17(23)12-14(19)2)25-22(27)18-10-11-26-16(4)13-15(3)24-21(18)26/h7-13H,5-6H2,1-4H3,(H,25,27)/b20-7-. The van der Waals surface area contributed by atoms with Crippen molar-refractivity contribution in [3.63, 3.8) is 0 Å². The normalized spacial score (nSPS) is 11.8. The maximum atomic E-state index is 13.4. The Hall–Kier alpha value is -2.60. The quantitative estimate of drug-likeness (QED) is 0.554. The SMILES string of the molecule is CCC/C=C(/NC(=O)c1ccn2c(C)cc(C)nc12)Sc1ccc(F)cc1C. The molecule has 0 unspecified atom stereocenters. The molecule has 3 aromatic rings. The third kappa shape index (κ3) is 4.44. The van der Waals surface area contributed by atoms with Crippen LogP contribution in [-0.4, -0.2) is 15.3 Å². The van der Waals surface area contributed by atoms with E-state index in [1.807, 2.05) is 43.5 Å². The number of allylic oxidation sites excluding steroid dienone is 1. The van der Waals surface area contributed by atoms with Crippen LogP contribution in [0.2, 0.25) is 0 Å². The molecule has 28 heavy (non-hydrogen) atoms. The molecule has 0 atom stereocenters. The van der Waals surface area contributed by atoms with Crippen LogP contribution in [0, 0.1) is 26.6 Å². The van der Waals surface area contributed by atoms with Crippen molar-refractivity contribution in [2.45, 2.75) is 45.4 Å². The van der Waals surface area contributed by atoms with Gasteiger partial charge in [-0.15, -0.1) is 0 Å². The van der Waals surface area contributed by atoms with E-state index < -0.39 is 0 Å². The van der Waals surface area contributed by atoms with Gasteiger partial charge >= 0.3 is 0 Å². The lowest BCUT2D eigenvalue weighted by Gasteiger charge is -2.12. The smallest absolute Gasteiger partial charge is 0.259 e. The minimum atomic E-state index is -0.262. The fourth-order valence-corrected chi connectivity index (χ4v) is 3.93. The Labute approximate surface area is 168 Å². The molecule has 3 rings (SSSR count). The van der Waals surface area contributed by atoms with Crippen LogP contribution in [0.5, 0.6) is 0 Å². The number of amides is 1. The molecular formula is C22H24FN3OS. The molecule has 0 aliphatic carbocycles. The number of nitrogens with one attached hydrogen (secondary N) is 1. The maximum Gasteiger partial charge on any atom is 0.259 e. The Morgan fingerprint density at radius 1 is 1.25 bits per heavy atom. The summed E-state index contributed by atoms with van der Waals surface area (Å²) in [5.41, 5.74) is 3.91. The molecule has 0 aliphatic heterocycles. The van der Waals surface area contributed by atoms with Crippen LogP contribution in [-0.2, 0) is 0 Å². The summed E-state index contributed by atoms with van der Waals surface area (Å²) in [4.78, 5) is 18.4. The zero-order valence-electron chi connectivity index (χ0n) is 16.5. The van der Waals surface area contributed by atoms with Crippen LogP contribution in [0.3, 0.4) is 0 Å². The van der Waals surface area contributed by atoms with Crippen molar-refractivity contribution in [1.82, 2.24) is 14.7 Å². The van der Waals surface area contributed by atoms with Crippen molar-refractivity contribution in [3.05, 3.63) is 76.0 Å². The van der Waals surface area contributed by atoms with Gasteiger partial charge in [0.05, 0.1) is 10.6 Å². The van der Waals surface area contributed by atoms with Gasteiger partial charge in [0.15, 0.2) is 0 Å². The van der Waals surface area contributed by atoms with Gasteiger partial charge in [0.1, 0.15) is 11.5 Å². The molecule has 2 heterocycles. The lowest BCUT2D eigenvalue weighted by molar-refractivity contribution is 0.0970. The predicted octanol–water partition coefficient (Wildman–Crippen LogP) is 5.56. The van der Waals surface area contributed by atoms with E-state index >= 15 is 0 Å². The zero-order chi connectivity index (χ0) is 20.3. The molecule has 0 radical (unpaired) electrons. The molecule has 1 aromatic carbocycles. The monoisotopic (exact) mass is 397 g/mol. The number of hydrogen-bond donors (Lipinski definition) is 1. The number of aromatic nitrogens is 2. The highest BCUT2D eigenvalue weighted by Gasteiger charge is 2.16. The fraction of sp³-hybridized carbons (Fsp3) is 0.273. The molecule has 6 heteroatoms. The van der Waals surface area contributed by atoms with Gasteiger partial charge in [-0.05, 0) is 63.1 Å². The van der Waals surface area contributed by atoms with E-state index in [4.69, 9.17) is 0 Å². The molecule has 0 spiro atoms. The summed E-state index contributed by atoms with van der Waals surface area (Å²) >= 11 is 1.44. The summed E-state index contributed by atoms with van der Waals surface area (Å²) in [6.45, 7) is 7.85. The summed E-state index contributed by atoms with van der Waals surface area (Å²) in [6, 6.07) is 8.44. The van der Waals surface area contributed by atoms with E-state index in [0.717, 1.165) is 39.7 Å². The number of benzene rings is 1. The summed E-state index contributed by atoms with van der Waals surface area (Å²) < 4.78 is 15.3. The zero-order valence-corrected chi connectivity index (χ0v) is 17.4. The second-order valence-corrected chi connectivity index (χ2v) is 7.87. The summed E-state index contributed by atoms with van der Waals surface area (Å²) in [7, 11) is 0. The minimum absolute atomic E-state index is 0.199. The third-order valence-electron chi connectivity index (χ3n) is 4.40. The number of unbranched alkanes of at least 4 members (excludes halogenated alkanes) is 1. The Kier molecular flexibility index (Phi) is 6.19. The highest BCUT2D eigenvalue weighted by atomic mass is 32.2. The molecule has 146 valence electrons. The van der Waals surface area contributed by atoms with Crippen molar-refractivity contribution in [2.75, 3.05) is 0 Å². The van der Waals surface area contributed by atoms with E-state index in [0.29, 0.717) is 11.2 Å². The van der Waals surface area contributed by atoms with Gasteiger partial charge in [0.25, 0.3) is 5.91 Å². The van der Waals surface area contributed by atoms with Crippen molar-refractivity contribution in [3.8, 4) is 0 Å². The van der Waals surface area contributed by atoms with Crippen molar-refractivity contribution in [2.24, 2.45) is 0 Å². The van der Waals surface area contributed by atoms with Crippen LogP contribution >= 0.6 is 11.8 Å². The van der Waals surface area contributed by atoms with E-state index in [1.165, 1.54) is 23.9 Å². The molecule has 0 fully saturated rings. The maximum absolute atomic E-state index is 13.4. The molecule has 1 amide bonds. The molecule has 0 saturated carbocycles. The first kappa shape index (κ1) is 20.1. The lowest BCUT2D eigenvalue weighted by Crippen LogP contribution is -2.21. The highest BCUT2D eigenvalue weighted by molar-refractivity contribution is 8.03. The van der Waals surface area contributed by atoms with Crippen LogP contribution in [0.15, 0.2) is 52.5 Å². The van der Waals surface area contributed by atoms with Crippen LogP contribution in [0.1, 0.15) is 47.1 Å².